The van der Waals surface area contributed by atoms with Gasteiger partial charge >= 0.3 is 0 Å². The van der Waals surface area contributed by atoms with E-state index in [2.05, 4.69) is 10.6 Å². The van der Waals surface area contributed by atoms with Gasteiger partial charge in [0.05, 0.1) is 4.90 Å². The van der Waals surface area contributed by atoms with Crippen molar-refractivity contribution in [3.8, 4) is 0 Å². The fourth-order valence-electron chi connectivity index (χ4n) is 1.64. The number of nitrogens with one attached hydrogen (secondary N) is 2. The maximum Gasteiger partial charge on any atom is 0.251 e. The van der Waals surface area contributed by atoms with Gasteiger partial charge in [-0.1, -0.05) is 13.0 Å². The molecule has 2 N–H and O–H groups in total. The Kier molecular flexibility index (Phi) is 5.50. The SMILES string of the molecule is CCN[C@H](C)CNC(=O)c1cccc(S(C)(=O)=O)c1. The van der Waals surface area contributed by atoms with Crippen molar-refractivity contribution in [2.45, 2.75) is 24.8 Å². The van der Waals surface area contributed by atoms with E-state index in [4.69, 9.17) is 0 Å². The number of likely N-dealkylation sites (N-methyl/N-ethyl adjacent to an activating group) is 1. The van der Waals surface area contributed by atoms with Crippen LogP contribution in [0.4, 0.5) is 0 Å². The van der Waals surface area contributed by atoms with Crippen molar-refractivity contribution in [1.29, 1.82) is 0 Å². The summed E-state index contributed by atoms with van der Waals surface area (Å²) < 4.78 is 22.8. The second kappa shape index (κ2) is 6.68. The van der Waals surface area contributed by atoms with Gasteiger partial charge in [0.1, 0.15) is 0 Å². The molecule has 0 bridgehead atoms. The van der Waals surface area contributed by atoms with Crippen LogP contribution in [0.15, 0.2) is 29.2 Å². The maximum absolute atomic E-state index is 11.9. The lowest BCUT2D eigenvalue weighted by Gasteiger charge is -2.13. The molecule has 1 aromatic rings. The summed E-state index contributed by atoms with van der Waals surface area (Å²) >= 11 is 0. The average Bonchev–Trinajstić information content (AvgIpc) is 2.35. The molecule has 1 aromatic carbocycles. The molecule has 0 unspecified atom stereocenters. The monoisotopic (exact) mass is 284 g/mol. The molecule has 0 saturated heterocycles. The Balaban J connectivity index is 2.73. The van der Waals surface area contributed by atoms with Crippen molar-refractivity contribution in [2.24, 2.45) is 0 Å². The molecule has 0 heterocycles. The third-order valence-electron chi connectivity index (χ3n) is 2.65. The summed E-state index contributed by atoms with van der Waals surface area (Å²) in [6.07, 6.45) is 1.12. The van der Waals surface area contributed by atoms with Gasteiger partial charge in [-0.3, -0.25) is 4.79 Å². The van der Waals surface area contributed by atoms with Crippen molar-refractivity contribution in [3.05, 3.63) is 29.8 Å². The van der Waals surface area contributed by atoms with Gasteiger partial charge in [-0.05, 0) is 31.7 Å². The Hall–Kier alpha value is -1.40. The Bertz CT molecular complexity index is 541. The van der Waals surface area contributed by atoms with Gasteiger partial charge in [0.25, 0.3) is 5.91 Å². The number of hydrogen-bond donors (Lipinski definition) is 2. The number of carbonyl (C=O) groups excluding carboxylic acids is 1. The van der Waals surface area contributed by atoms with Crippen molar-refractivity contribution >= 4 is 15.7 Å². The van der Waals surface area contributed by atoms with Gasteiger partial charge in [0, 0.05) is 24.4 Å². The van der Waals surface area contributed by atoms with Crippen molar-refractivity contribution in [2.75, 3.05) is 19.3 Å². The zero-order chi connectivity index (χ0) is 14.5. The van der Waals surface area contributed by atoms with Gasteiger partial charge in [0.2, 0.25) is 0 Å². The van der Waals surface area contributed by atoms with Crippen LogP contribution in [-0.2, 0) is 9.84 Å². The minimum atomic E-state index is -3.29. The van der Waals surface area contributed by atoms with Gasteiger partial charge < -0.3 is 10.6 Å². The van der Waals surface area contributed by atoms with E-state index in [1.165, 1.54) is 12.1 Å². The van der Waals surface area contributed by atoms with Gasteiger partial charge in [-0.15, -0.1) is 0 Å². The standard InChI is InChI=1S/C13H20N2O3S/c1-4-14-10(2)9-15-13(16)11-6-5-7-12(8-11)19(3,17)18/h5-8,10,14H,4,9H2,1-3H3,(H,15,16)/t10-/m1/s1. The third kappa shape index (κ3) is 5.00. The average molecular weight is 284 g/mol. The molecule has 0 aliphatic rings. The first-order valence-corrected chi connectivity index (χ1v) is 8.05. The Labute approximate surface area is 114 Å². The molecule has 5 nitrogen and oxygen atoms in total. The molecule has 1 amide bonds. The van der Waals surface area contributed by atoms with E-state index in [9.17, 15) is 13.2 Å². The second-order valence-electron chi connectivity index (χ2n) is 4.47. The van der Waals surface area contributed by atoms with E-state index in [-0.39, 0.29) is 16.8 Å². The fourth-order valence-corrected chi connectivity index (χ4v) is 2.30. The van der Waals surface area contributed by atoms with Crippen LogP contribution in [-0.4, -0.2) is 39.7 Å². The van der Waals surface area contributed by atoms with Crippen LogP contribution in [0.5, 0.6) is 0 Å². The molecule has 19 heavy (non-hydrogen) atoms. The van der Waals surface area contributed by atoms with Gasteiger partial charge in [-0.2, -0.15) is 0 Å². The minimum Gasteiger partial charge on any atom is -0.350 e. The van der Waals surface area contributed by atoms with E-state index >= 15 is 0 Å². The zero-order valence-corrected chi connectivity index (χ0v) is 12.3. The summed E-state index contributed by atoms with van der Waals surface area (Å²) in [6, 6.07) is 6.21. The van der Waals surface area contributed by atoms with Crippen molar-refractivity contribution < 1.29 is 13.2 Å². The molecule has 0 saturated carbocycles. The van der Waals surface area contributed by atoms with E-state index in [0.717, 1.165) is 12.8 Å². The molecule has 0 spiro atoms. The first-order valence-electron chi connectivity index (χ1n) is 6.16. The minimum absolute atomic E-state index is 0.153. The summed E-state index contributed by atoms with van der Waals surface area (Å²) in [5, 5.41) is 5.94. The van der Waals surface area contributed by atoms with Crippen LogP contribution in [0, 0.1) is 0 Å². The zero-order valence-electron chi connectivity index (χ0n) is 11.4. The molecule has 0 aromatic heterocycles. The van der Waals surface area contributed by atoms with Crippen molar-refractivity contribution in [1.82, 2.24) is 10.6 Å². The highest BCUT2D eigenvalue weighted by atomic mass is 32.2. The Morgan fingerprint density at radius 2 is 2.05 bits per heavy atom. The summed E-state index contributed by atoms with van der Waals surface area (Å²) in [6.45, 7) is 5.29. The topological polar surface area (TPSA) is 75.3 Å². The predicted octanol–water partition coefficient (Wildman–Crippen LogP) is 0.818. The fraction of sp³-hybridized carbons (Fsp3) is 0.462. The lowest BCUT2D eigenvalue weighted by atomic mass is 10.2. The Morgan fingerprint density at radius 3 is 2.63 bits per heavy atom. The largest absolute Gasteiger partial charge is 0.350 e. The molecule has 1 atom stereocenters. The van der Waals surface area contributed by atoms with E-state index < -0.39 is 9.84 Å². The lowest BCUT2D eigenvalue weighted by Crippen LogP contribution is -2.38. The lowest BCUT2D eigenvalue weighted by molar-refractivity contribution is 0.0950. The summed E-state index contributed by atoms with van der Waals surface area (Å²) in [5.41, 5.74) is 0.353. The first kappa shape index (κ1) is 15.7. The predicted molar refractivity (Wildman–Crippen MR) is 75.0 cm³/mol. The maximum atomic E-state index is 11.9. The first-order chi connectivity index (χ1) is 8.84. The molecule has 1 rings (SSSR count). The number of sulfone groups is 1. The van der Waals surface area contributed by atoms with Crippen LogP contribution in [0.1, 0.15) is 24.2 Å². The summed E-state index contributed by atoms with van der Waals surface area (Å²) in [4.78, 5) is 12.1. The molecular formula is C13H20N2O3S. The number of carbonyl (C=O) groups is 1. The van der Waals surface area contributed by atoms with Crippen LogP contribution in [0.2, 0.25) is 0 Å². The smallest absolute Gasteiger partial charge is 0.251 e. The number of benzene rings is 1. The molecule has 6 heteroatoms. The molecule has 106 valence electrons. The molecule has 0 aliphatic carbocycles. The van der Waals surface area contributed by atoms with Gasteiger partial charge in [-0.25, -0.2) is 8.42 Å². The van der Waals surface area contributed by atoms with Crippen molar-refractivity contribution in [3.63, 3.8) is 0 Å². The van der Waals surface area contributed by atoms with Crippen LogP contribution in [0.25, 0.3) is 0 Å². The quantitative estimate of drug-likeness (QED) is 0.811. The second-order valence-corrected chi connectivity index (χ2v) is 6.48. The van der Waals surface area contributed by atoms with E-state index in [1.807, 2.05) is 13.8 Å². The molecule has 0 aliphatic heterocycles. The Morgan fingerprint density at radius 1 is 1.37 bits per heavy atom. The number of amides is 1. The van der Waals surface area contributed by atoms with Crippen LogP contribution >= 0.6 is 0 Å². The van der Waals surface area contributed by atoms with E-state index in [0.29, 0.717) is 12.1 Å². The molecule has 0 radical (unpaired) electrons. The summed E-state index contributed by atoms with van der Waals surface area (Å²) in [7, 11) is -3.29. The third-order valence-corrected chi connectivity index (χ3v) is 3.76. The van der Waals surface area contributed by atoms with Gasteiger partial charge in [0.15, 0.2) is 9.84 Å². The van der Waals surface area contributed by atoms with Crippen LogP contribution < -0.4 is 10.6 Å². The normalized spacial score (nSPS) is 13.0. The highest BCUT2D eigenvalue weighted by Crippen LogP contribution is 2.11. The molecular weight excluding hydrogens is 264 g/mol. The highest BCUT2D eigenvalue weighted by molar-refractivity contribution is 7.90. The number of rotatable bonds is 6. The van der Waals surface area contributed by atoms with Crippen LogP contribution in [0.3, 0.4) is 0 Å². The molecule has 0 fully saturated rings. The highest BCUT2D eigenvalue weighted by Gasteiger charge is 2.12. The number of hydrogen-bond acceptors (Lipinski definition) is 4. The van der Waals surface area contributed by atoms with E-state index in [1.54, 1.807) is 12.1 Å². The summed E-state index contributed by atoms with van der Waals surface area (Å²) in [5.74, 6) is -0.268.